The Morgan fingerprint density at radius 3 is 2.53 bits per heavy atom. The zero-order valence-electron chi connectivity index (χ0n) is 11.8. The van der Waals surface area contributed by atoms with Crippen molar-refractivity contribution in [1.82, 2.24) is 5.32 Å². The van der Waals surface area contributed by atoms with Gasteiger partial charge in [-0.05, 0) is 24.1 Å². The van der Waals surface area contributed by atoms with Crippen LogP contribution in [0.15, 0.2) is 18.2 Å². The van der Waals surface area contributed by atoms with Gasteiger partial charge < -0.3 is 10.1 Å². The third-order valence-electron chi connectivity index (χ3n) is 3.31. The molecule has 0 spiro atoms. The number of ether oxygens (including phenoxy) is 1. The first-order chi connectivity index (χ1) is 9.10. The van der Waals surface area contributed by atoms with Crippen LogP contribution < -0.4 is 10.1 Å². The van der Waals surface area contributed by atoms with Crippen LogP contribution in [-0.4, -0.2) is 18.6 Å². The summed E-state index contributed by atoms with van der Waals surface area (Å²) in [5.41, 5.74) is 0.940. The van der Waals surface area contributed by atoms with E-state index in [1.165, 1.54) is 13.2 Å². The van der Waals surface area contributed by atoms with Gasteiger partial charge in [0.1, 0.15) is 5.75 Å². The number of non-ortho nitro benzene ring substituents is 1. The normalized spacial score (nSPS) is 10.7. The van der Waals surface area contributed by atoms with E-state index in [0.29, 0.717) is 18.2 Å². The predicted molar refractivity (Wildman–Crippen MR) is 75.4 cm³/mol. The largest absolute Gasteiger partial charge is 0.496 e. The molecule has 0 aliphatic rings. The smallest absolute Gasteiger partial charge is 0.273 e. The van der Waals surface area contributed by atoms with Crippen molar-refractivity contribution >= 4 is 5.69 Å². The van der Waals surface area contributed by atoms with Crippen LogP contribution >= 0.6 is 0 Å². The number of rotatable bonds is 8. The Kier molecular flexibility index (Phi) is 6.29. The number of nitrogens with zero attached hydrogens (tertiary/aromatic N) is 1. The van der Waals surface area contributed by atoms with E-state index in [-0.39, 0.29) is 5.69 Å². The van der Waals surface area contributed by atoms with Crippen LogP contribution in [0.4, 0.5) is 5.69 Å². The minimum Gasteiger partial charge on any atom is -0.496 e. The third kappa shape index (κ3) is 4.87. The molecule has 0 unspecified atom stereocenters. The van der Waals surface area contributed by atoms with Crippen molar-refractivity contribution in [2.45, 2.75) is 33.2 Å². The first-order valence-electron chi connectivity index (χ1n) is 6.63. The van der Waals surface area contributed by atoms with Gasteiger partial charge in [0.15, 0.2) is 0 Å². The van der Waals surface area contributed by atoms with Gasteiger partial charge in [0.2, 0.25) is 0 Å². The summed E-state index contributed by atoms with van der Waals surface area (Å²) in [6.45, 7) is 5.89. The van der Waals surface area contributed by atoms with Gasteiger partial charge >= 0.3 is 0 Å². The van der Waals surface area contributed by atoms with Crippen molar-refractivity contribution in [3.05, 3.63) is 33.9 Å². The second-order valence-electron chi connectivity index (χ2n) is 4.61. The fourth-order valence-corrected chi connectivity index (χ4v) is 1.97. The summed E-state index contributed by atoms with van der Waals surface area (Å²) in [5, 5.41) is 14.2. The van der Waals surface area contributed by atoms with Gasteiger partial charge in [0.05, 0.1) is 18.1 Å². The van der Waals surface area contributed by atoms with E-state index >= 15 is 0 Å². The number of nitrogens with one attached hydrogen (secondary N) is 1. The number of hydrogen-bond acceptors (Lipinski definition) is 4. The zero-order chi connectivity index (χ0) is 14.3. The first kappa shape index (κ1) is 15.4. The summed E-state index contributed by atoms with van der Waals surface area (Å²) in [6.07, 6.45) is 2.28. The average Bonchev–Trinajstić information content (AvgIpc) is 2.43. The van der Waals surface area contributed by atoms with Crippen molar-refractivity contribution in [2.75, 3.05) is 13.7 Å². The highest BCUT2D eigenvalue weighted by Gasteiger charge is 2.10. The maximum atomic E-state index is 10.8. The quantitative estimate of drug-likeness (QED) is 0.580. The monoisotopic (exact) mass is 266 g/mol. The molecule has 0 heterocycles. The molecule has 1 N–H and O–H groups in total. The van der Waals surface area contributed by atoms with Crippen LogP contribution in [0.5, 0.6) is 5.75 Å². The Labute approximate surface area is 114 Å². The van der Waals surface area contributed by atoms with Gasteiger partial charge in [-0.15, -0.1) is 0 Å². The van der Waals surface area contributed by atoms with E-state index in [1.54, 1.807) is 6.07 Å². The standard InChI is InChI=1S/C14H22N2O3/c1-4-11(5-2)9-15-10-12-6-13(16(17)18)8-14(7-12)19-3/h6-8,11,15H,4-5,9-10H2,1-3H3. The van der Waals surface area contributed by atoms with Crippen molar-refractivity contribution in [3.63, 3.8) is 0 Å². The molecule has 0 atom stereocenters. The molecule has 0 aromatic heterocycles. The second kappa shape index (κ2) is 7.74. The Hall–Kier alpha value is -1.62. The molecular formula is C14H22N2O3. The highest BCUT2D eigenvalue weighted by molar-refractivity contribution is 5.42. The van der Waals surface area contributed by atoms with Crippen molar-refractivity contribution < 1.29 is 9.66 Å². The number of methoxy groups -OCH3 is 1. The molecule has 106 valence electrons. The van der Waals surface area contributed by atoms with E-state index < -0.39 is 4.92 Å². The van der Waals surface area contributed by atoms with Gasteiger partial charge in [-0.25, -0.2) is 0 Å². The maximum Gasteiger partial charge on any atom is 0.273 e. The number of benzene rings is 1. The van der Waals surface area contributed by atoms with Gasteiger partial charge in [-0.2, -0.15) is 0 Å². The van der Waals surface area contributed by atoms with Crippen LogP contribution in [0.2, 0.25) is 0 Å². The summed E-state index contributed by atoms with van der Waals surface area (Å²) in [6, 6.07) is 4.85. The van der Waals surface area contributed by atoms with E-state index in [2.05, 4.69) is 19.2 Å². The molecule has 5 heteroatoms. The van der Waals surface area contributed by atoms with Crippen molar-refractivity contribution in [2.24, 2.45) is 5.92 Å². The summed E-state index contributed by atoms with van der Waals surface area (Å²) in [4.78, 5) is 10.4. The van der Waals surface area contributed by atoms with Gasteiger partial charge in [0, 0.05) is 12.6 Å². The topological polar surface area (TPSA) is 64.4 Å². The minimum absolute atomic E-state index is 0.0682. The molecule has 1 aromatic rings. The Bertz CT molecular complexity index is 417. The molecule has 0 saturated heterocycles. The molecule has 5 nitrogen and oxygen atoms in total. The summed E-state index contributed by atoms with van der Waals surface area (Å²) in [5.74, 6) is 1.18. The van der Waals surface area contributed by atoms with Crippen LogP contribution in [0.1, 0.15) is 32.3 Å². The molecule has 0 aliphatic carbocycles. The average molecular weight is 266 g/mol. The molecule has 1 aromatic carbocycles. The first-order valence-corrected chi connectivity index (χ1v) is 6.63. The van der Waals surface area contributed by atoms with Crippen LogP contribution in [0.25, 0.3) is 0 Å². The lowest BCUT2D eigenvalue weighted by Gasteiger charge is -2.13. The Balaban J connectivity index is 2.67. The fraction of sp³-hybridized carbons (Fsp3) is 0.571. The van der Waals surface area contributed by atoms with E-state index in [1.807, 2.05) is 6.07 Å². The highest BCUT2D eigenvalue weighted by Crippen LogP contribution is 2.22. The number of hydrogen-bond donors (Lipinski definition) is 1. The van der Waals surface area contributed by atoms with Crippen molar-refractivity contribution in [1.29, 1.82) is 0 Å². The molecule has 0 aliphatic heterocycles. The van der Waals surface area contributed by atoms with E-state index in [4.69, 9.17) is 4.74 Å². The number of nitro benzene ring substituents is 1. The number of nitro groups is 1. The highest BCUT2D eigenvalue weighted by atomic mass is 16.6. The molecule has 0 fully saturated rings. The Morgan fingerprint density at radius 1 is 1.32 bits per heavy atom. The summed E-state index contributed by atoms with van der Waals surface area (Å²) in [7, 11) is 1.51. The molecular weight excluding hydrogens is 244 g/mol. The third-order valence-corrected chi connectivity index (χ3v) is 3.31. The van der Waals surface area contributed by atoms with Gasteiger partial charge in [0.25, 0.3) is 5.69 Å². The fourth-order valence-electron chi connectivity index (χ4n) is 1.97. The molecule has 1 rings (SSSR count). The minimum atomic E-state index is -0.396. The summed E-state index contributed by atoms with van der Waals surface area (Å²) >= 11 is 0. The van der Waals surface area contributed by atoms with E-state index in [9.17, 15) is 10.1 Å². The van der Waals surface area contributed by atoms with Crippen molar-refractivity contribution in [3.8, 4) is 5.75 Å². The van der Waals surface area contributed by atoms with Gasteiger partial charge in [-0.1, -0.05) is 26.7 Å². The molecule has 0 radical (unpaired) electrons. The van der Waals surface area contributed by atoms with E-state index in [0.717, 1.165) is 24.9 Å². The maximum absolute atomic E-state index is 10.8. The van der Waals surface area contributed by atoms with Crippen LogP contribution in [0, 0.1) is 16.0 Å². The lowest BCUT2D eigenvalue weighted by atomic mass is 10.0. The molecule has 0 saturated carbocycles. The van der Waals surface area contributed by atoms with Crippen LogP contribution in [0.3, 0.4) is 0 Å². The lowest BCUT2D eigenvalue weighted by Crippen LogP contribution is -2.21. The molecule has 19 heavy (non-hydrogen) atoms. The second-order valence-corrected chi connectivity index (χ2v) is 4.61. The lowest BCUT2D eigenvalue weighted by molar-refractivity contribution is -0.385. The molecule has 0 bridgehead atoms. The SMILES string of the molecule is CCC(CC)CNCc1cc(OC)cc([N+](=O)[O-])c1. The van der Waals surface area contributed by atoms with Crippen LogP contribution in [-0.2, 0) is 6.54 Å². The molecule has 0 amide bonds. The Morgan fingerprint density at radius 2 is 2.00 bits per heavy atom. The zero-order valence-corrected chi connectivity index (χ0v) is 11.8. The predicted octanol–water partition coefficient (Wildman–Crippen LogP) is 3.13. The summed E-state index contributed by atoms with van der Waals surface area (Å²) < 4.78 is 5.08. The van der Waals surface area contributed by atoms with Gasteiger partial charge in [-0.3, -0.25) is 10.1 Å².